The van der Waals surface area contributed by atoms with Crippen LogP contribution in [0.25, 0.3) is 0 Å². The van der Waals surface area contributed by atoms with E-state index in [1.54, 1.807) is 23.1 Å². The molecule has 2 aromatic rings. The van der Waals surface area contributed by atoms with Gasteiger partial charge >= 0.3 is 6.03 Å². The summed E-state index contributed by atoms with van der Waals surface area (Å²) in [5.41, 5.74) is 0.898. The number of pyridine rings is 1. The SMILES string of the molecule is O=C(N1CC2(C1)CN(c1ccc(F)cn1)C2)N1CCCOc2cc(Cl)ccc21. The fourth-order valence-electron chi connectivity index (χ4n) is 4.30. The number of amides is 2. The highest BCUT2D eigenvalue weighted by Gasteiger charge is 2.54. The molecule has 8 heteroatoms. The fourth-order valence-corrected chi connectivity index (χ4v) is 4.46. The number of urea groups is 1. The lowest BCUT2D eigenvalue weighted by Crippen LogP contribution is -2.74. The normalized spacial score (nSPS) is 20.0. The Labute approximate surface area is 167 Å². The highest BCUT2D eigenvalue weighted by Crippen LogP contribution is 2.43. The molecule has 0 unspecified atom stereocenters. The number of carbonyl (C=O) groups is 1. The number of hydrogen-bond acceptors (Lipinski definition) is 4. The Morgan fingerprint density at radius 3 is 2.75 bits per heavy atom. The Morgan fingerprint density at radius 2 is 2.00 bits per heavy atom. The van der Waals surface area contributed by atoms with Gasteiger partial charge in [-0.25, -0.2) is 14.2 Å². The summed E-state index contributed by atoms with van der Waals surface area (Å²) in [5, 5.41) is 0.597. The minimum Gasteiger partial charge on any atom is -0.491 e. The summed E-state index contributed by atoms with van der Waals surface area (Å²) in [7, 11) is 0. The Balaban J connectivity index is 1.24. The van der Waals surface area contributed by atoms with E-state index in [0.29, 0.717) is 23.9 Å². The summed E-state index contributed by atoms with van der Waals surface area (Å²) in [6, 6.07) is 8.53. The molecule has 6 nitrogen and oxygen atoms in total. The van der Waals surface area contributed by atoms with Crippen LogP contribution >= 0.6 is 11.6 Å². The second-order valence-corrected chi connectivity index (χ2v) is 8.23. The van der Waals surface area contributed by atoms with Gasteiger partial charge in [0.2, 0.25) is 0 Å². The summed E-state index contributed by atoms with van der Waals surface area (Å²) in [6.07, 6.45) is 2.02. The molecule has 0 saturated carbocycles. The first kappa shape index (κ1) is 17.6. The van der Waals surface area contributed by atoms with Crippen LogP contribution < -0.4 is 14.5 Å². The predicted molar refractivity (Wildman–Crippen MR) is 105 cm³/mol. The van der Waals surface area contributed by atoms with Gasteiger partial charge < -0.3 is 14.5 Å². The third kappa shape index (κ3) is 2.94. The van der Waals surface area contributed by atoms with E-state index in [9.17, 15) is 9.18 Å². The van der Waals surface area contributed by atoms with E-state index in [2.05, 4.69) is 9.88 Å². The van der Waals surface area contributed by atoms with Crippen molar-refractivity contribution in [2.45, 2.75) is 6.42 Å². The lowest BCUT2D eigenvalue weighted by atomic mass is 9.73. The van der Waals surface area contributed by atoms with Crippen LogP contribution in [0.15, 0.2) is 36.5 Å². The number of rotatable bonds is 1. The number of halogens is 2. The minimum atomic E-state index is -0.331. The minimum absolute atomic E-state index is 0.0121. The van der Waals surface area contributed by atoms with Gasteiger partial charge in [0.25, 0.3) is 0 Å². The second kappa shape index (κ2) is 6.51. The molecule has 3 aliphatic rings. The highest BCUT2D eigenvalue weighted by atomic mass is 35.5. The molecule has 2 saturated heterocycles. The molecule has 0 radical (unpaired) electrons. The number of fused-ring (bicyclic) bond motifs is 1. The standard InChI is InChI=1S/C20H20ClFN4O2/c21-14-2-4-16-17(8-14)28-7-1-6-26(16)19(27)25-12-20(13-25)10-24(11-20)18-5-3-15(22)9-23-18/h2-5,8-9H,1,6-7,10-13H2. The first-order valence-corrected chi connectivity index (χ1v) is 9.76. The predicted octanol–water partition coefficient (Wildman–Crippen LogP) is 3.41. The number of hydrogen-bond donors (Lipinski definition) is 0. The molecule has 0 atom stereocenters. The number of nitrogens with zero attached hydrogens (tertiary/aromatic N) is 4. The van der Waals surface area contributed by atoms with Gasteiger partial charge in [0.1, 0.15) is 17.4 Å². The van der Waals surface area contributed by atoms with Crippen LogP contribution in [0.3, 0.4) is 0 Å². The second-order valence-electron chi connectivity index (χ2n) is 7.80. The summed E-state index contributed by atoms with van der Waals surface area (Å²) in [4.78, 5) is 23.0. The van der Waals surface area contributed by atoms with Crippen molar-refractivity contribution < 1.29 is 13.9 Å². The van der Waals surface area contributed by atoms with E-state index in [0.717, 1.165) is 44.1 Å². The average Bonchev–Trinajstić information content (AvgIpc) is 2.82. The highest BCUT2D eigenvalue weighted by molar-refractivity contribution is 6.30. The van der Waals surface area contributed by atoms with Gasteiger partial charge in [-0.05, 0) is 30.7 Å². The van der Waals surface area contributed by atoms with E-state index >= 15 is 0 Å². The first-order chi connectivity index (χ1) is 13.5. The Morgan fingerprint density at radius 1 is 1.18 bits per heavy atom. The van der Waals surface area contributed by atoms with Gasteiger partial charge in [-0.15, -0.1) is 0 Å². The van der Waals surface area contributed by atoms with Crippen molar-refractivity contribution in [2.24, 2.45) is 5.41 Å². The van der Waals surface area contributed by atoms with Crippen molar-refractivity contribution in [3.8, 4) is 5.75 Å². The van der Waals surface area contributed by atoms with E-state index in [1.165, 1.54) is 12.3 Å². The van der Waals surface area contributed by atoms with Gasteiger partial charge in [0, 0.05) is 49.2 Å². The number of likely N-dealkylation sites (tertiary alicyclic amines) is 1. The van der Waals surface area contributed by atoms with Crippen LogP contribution in [0.1, 0.15) is 6.42 Å². The van der Waals surface area contributed by atoms with Gasteiger partial charge in [-0.1, -0.05) is 11.6 Å². The smallest absolute Gasteiger partial charge is 0.324 e. The van der Waals surface area contributed by atoms with Crippen LogP contribution in [0.5, 0.6) is 5.75 Å². The van der Waals surface area contributed by atoms with Gasteiger partial charge in [-0.3, -0.25) is 4.90 Å². The Hall–Kier alpha value is -2.54. The molecule has 2 amide bonds. The zero-order chi connectivity index (χ0) is 19.3. The number of benzene rings is 1. The molecule has 3 aliphatic heterocycles. The lowest BCUT2D eigenvalue weighted by Gasteiger charge is -2.60. The number of anilines is 2. The number of ether oxygens (including phenoxy) is 1. The van der Waals surface area contributed by atoms with Crippen LogP contribution in [0.4, 0.5) is 20.7 Å². The molecule has 28 heavy (non-hydrogen) atoms. The maximum atomic E-state index is 13.1. The largest absolute Gasteiger partial charge is 0.491 e. The third-order valence-corrected chi connectivity index (χ3v) is 5.87. The van der Waals surface area contributed by atoms with Crippen LogP contribution in [-0.4, -0.2) is 55.2 Å². The summed E-state index contributed by atoms with van der Waals surface area (Å²) in [6.45, 7) is 4.33. The lowest BCUT2D eigenvalue weighted by molar-refractivity contribution is 0.00968. The molecular weight excluding hydrogens is 383 g/mol. The van der Waals surface area contributed by atoms with Crippen LogP contribution in [-0.2, 0) is 0 Å². The van der Waals surface area contributed by atoms with Crippen LogP contribution in [0, 0.1) is 11.2 Å². The molecule has 2 fully saturated rings. The summed E-state index contributed by atoms with van der Waals surface area (Å²) in [5.74, 6) is 1.11. The van der Waals surface area contributed by atoms with Gasteiger partial charge in [0.05, 0.1) is 18.5 Å². The zero-order valence-electron chi connectivity index (χ0n) is 15.3. The van der Waals surface area contributed by atoms with Crippen molar-refractivity contribution in [1.82, 2.24) is 9.88 Å². The van der Waals surface area contributed by atoms with E-state index in [1.807, 2.05) is 11.0 Å². The van der Waals surface area contributed by atoms with E-state index < -0.39 is 0 Å². The molecule has 1 spiro atoms. The van der Waals surface area contributed by atoms with Gasteiger partial charge in [0.15, 0.2) is 0 Å². The van der Waals surface area contributed by atoms with Crippen molar-refractivity contribution in [1.29, 1.82) is 0 Å². The third-order valence-electron chi connectivity index (χ3n) is 5.64. The fraction of sp³-hybridized carbons (Fsp3) is 0.400. The van der Waals surface area contributed by atoms with E-state index in [4.69, 9.17) is 16.3 Å². The molecule has 4 heterocycles. The van der Waals surface area contributed by atoms with Gasteiger partial charge in [-0.2, -0.15) is 0 Å². The number of carbonyl (C=O) groups excluding carboxylic acids is 1. The maximum absolute atomic E-state index is 13.1. The molecule has 146 valence electrons. The van der Waals surface area contributed by atoms with Crippen molar-refractivity contribution in [2.75, 3.05) is 49.1 Å². The summed E-state index contributed by atoms with van der Waals surface area (Å²) >= 11 is 6.07. The topological polar surface area (TPSA) is 48.9 Å². The number of aromatic nitrogens is 1. The Bertz CT molecular complexity index is 909. The van der Waals surface area contributed by atoms with Crippen molar-refractivity contribution >= 4 is 29.1 Å². The van der Waals surface area contributed by atoms with E-state index in [-0.39, 0.29) is 17.3 Å². The van der Waals surface area contributed by atoms with Crippen molar-refractivity contribution in [3.63, 3.8) is 0 Å². The van der Waals surface area contributed by atoms with Crippen molar-refractivity contribution in [3.05, 3.63) is 47.4 Å². The van der Waals surface area contributed by atoms with Crippen LogP contribution in [0.2, 0.25) is 5.02 Å². The molecule has 5 rings (SSSR count). The quantitative estimate of drug-likeness (QED) is 0.733. The first-order valence-electron chi connectivity index (χ1n) is 9.38. The monoisotopic (exact) mass is 402 g/mol. The summed E-state index contributed by atoms with van der Waals surface area (Å²) < 4.78 is 18.8. The molecule has 1 aromatic heterocycles. The molecule has 0 aliphatic carbocycles. The average molecular weight is 403 g/mol. The molecular formula is C20H20ClFN4O2. The molecule has 1 aromatic carbocycles. The Kier molecular flexibility index (Phi) is 4.08. The molecule has 0 N–H and O–H groups in total. The maximum Gasteiger partial charge on any atom is 0.324 e. The zero-order valence-corrected chi connectivity index (χ0v) is 16.0. The molecule has 0 bridgehead atoms.